The van der Waals surface area contributed by atoms with Crippen LogP contribution >= 0.6 is 23.2 Å². The fraction of sp³-hybridized carbons (Fsp3) is 0.300. The van der Waals surface area contributed by atoms with Gasteiger partial charge >= 0.3 is 0 Å². The average molecular weight is 230 g/mol. The minimum Gasteiger partial charge on any atom is -0.321 e. The van der Waals surface area contributed by atoms with Crippen LogP contribution in [0.2, 0.25) is 10.0 Å². The lowest BCUT2D eigenvalue weighted by Crippen LogP contribution is -2.35. The van der Waals surface area contributed by atoms with E-state index in [9.17, 15) is 4.79 Å². The summed E-state index contributed by atoms with van der Waals surface area (Å²) in [5, 5.41) is 0.984. The summed E-state index contributed by atoms with van der Waals surface area (Å²) in [5.74, 6) is -0.0372. The molecule has 1 aromatic rings. The second-order valence-corrected chi connectivity index (χ2v) is 4.18. The lowest BCUT2D eigenvalue weighted by molar-refractivity contribution is 0.0948. The van der Waals surface area contributed by atoms with Gasteiger partial charge in [-0.25, -0.2) is 0 Å². The fourth-order valence-electron chi connectivity index (χ4n) is 1.70. The molecule has 0 bridgehead atoms. The number of Topliss-reactive ketones (excluding diaryl/α,β-unsaturated/α-hetero) is 1. The zero-order chi connectivity index (χ0) is 10.3. The van der Waals surface area contributed by atoms with Gasteiger partial charge in [-0.3, -0.25) is 4.79 Å². The van der Waals surface area contributed by atoms with Crippen LogP contribution in [0.1, 0.15) is 22.3 Å². The predicted octanol–water partition coefficient (Wildman–Crippen LogP) is 2.45. The van der Waals surface area contributed by atoms with Crippen molar-refractivity contribution in [3.8, 4) is 0 Å². The highest BCUT2D eigenvalue weighted by Gasteiger charge is 2.26. The molecule has 0 amide bonds. The Morgan fingerprint density at radius 1 is 1.36 bits per heavy atom. The first kappa shape index (κ1) is 9.97. The smallest absolute Gasteiger partial charge is 0.179 e. The molecule has 0 aromatic heterocycles. The summed E-state index contributed by atoms with van der Waals surface area (Å²) < 4.78 is 0. The Balaban J connectivity index is 2.59. The minimum absolute atomic E-state index is 0.0372. The maximum Gasteiger partial charge on any atom is 0.179 e. The Morgan fingerprint density at radius 3 is 2.79 bits per heavy atom. The van der Waals surface area contributed by atoms with Gasteiger partial charge in [0.05, 0.1) is 16.1 Å². The van der Waals surface area contributed by atoms with Crippen molar-refractivity contribution >= 4 is 29.0 Å². The van der Waals surface area contributed by atoms with Gasteiger partial charge in [0.15, 0.2) is 5.78 Å². The van der Waals surface area contributed by atoms with Crippen LogP contribution in [0, 0.1) is 0 Å². The topological polar surface area (TPSA) is 43.1 Å². The van der Waals surface area contributed by atoms with Crippen LogP contribution in [0.4, 0.5) is 0 Å². The summed E-state index contributed by atoms with van der Waals surface area (Å²) in [4.78, 5) is 11.7. The molecule has 1 atom stereocenters. The Kier molecular flexibility index (Phi) is 2.52. The van der Waals surface area contributed by atoms with Crippen molar-refractivity contribution in [2.75, 3.05) is 0 Å². The number of nitrogens with two attached hydrogens (primary N) is 1. The number of hydrogen-bond acceptors (Lipinski definition) is 2. The average Bonchev–Trinajstić information content (AvgIpc) is 2.17. The standard InChI is InChI=1S/C10H9Cl2NO/c11-7-3-1-6-5(9(7)12)2-4-8(13)10(6)14/h1,3,8H,2,4,13H2. The molecule has 0 saturated heterocycles. The molecule has 0 heterocycles. The highest BCUT2D eigenvalue weighted by molar-refractivity contribution is 6.42. The van der Waals surface area contributed by atoms with Crippen molar-refractivity contribution in [1.82, 2.24) is 0 Å². The van der Waals surface area contributed by atoms with Crippen molar-refractivity contribution in [2.45, 2.75) is 18.9 Å². The number of rotatable bonds is 0. The first-order valence-corrected chi connectivity index (χ1v) is 5.13. The maximum atomic E-state index is 11.7. The van der Waals surface area contributed by atoms with E-state index in [4.69, 9.17) is 28.9 Å². The van der Waals surface area contributed by atoms with Gasteiger partial charge in [0.1, 0.15) is 0 Å². The highest BCUT2D eigenvalue weighted by Crippen LogP contribution is 2.32. The number of halogens is 2. The first-order chi connectivity index (χ1) is 6.61. The molecule has 14 heavy (non-hydrogen) atoms. The van der Waals surface area contributed by atoms with Crippen molar-refractivity contribution in [3.05, 3.63) is 33.3 Å². The molecule has 1 unspecified atom stereocenters. The molecule has 0 saturated carbocycles. The minimum atomic E-state index is -0.389. The molecular formula is C10H9Cl2NO. The fourth-order valence-corrected chi connectivity index (χ4v) is 2.13. The zero-order valence-electron chi connectivity index (χ0n) is 7.39. The largest absolute Gasteiger partial charge is 0.321 e. The number of carbonyl (C=O) groups excluding carboxylic acids is 1. The van der Waals surface area contributed by atoms with Gasteiger partial charge in [-0.05, 0) is 30.5 Å². The third-order valence-electron chi connectivity index (χ3n) is 2.50. The maximum absolute atomic E-state index is 11.7. The van der Waals surface area contributed by atoms with E-state index in [1.165, 1.54) is 0 Å². The van der Waals surface area contributed by atoms with Crippen LogP contribution in [0.25, 0.3) is 0 Å². The highest BCUT2D eigenvalue weighted by atomic mass is 35.5. The lowest BCUT2D eigenvalue weighted by Gasteiger charge is -2.21. The molecule has 74 valence electrons. The molecule has 2 rings (SSSR count). The molecule has 0 radical (unpaired) electrons. The van der Waals surface area contributed by atoms with E-state index in [0.717, 1.165) is 12.0 Å². The number of fused-ring (bicyclic) bond motifs is 1. The Morgan fingerprint density at radius 2 is 2.07 bits per heavy atom. The summed E-state index contributed by atoms with van der Waals surface area (Å²) in [6, 6.07) is 2.95. The van der Waals surface area contributed by atoms with Gasteiger partial charge in [0.2, 0.25) is 0 Å². The second-order valence-electron chi connectivity index (χ2n) is 3.40. The van der Waals surface area contributed by atoms with Crippen molar-refractivity contribution < 1.29 is 4.79 Å². The molecular weight excluding hydrogens is 221 g/mol. The Labute approximate surface area is 92.0 Å². The first-order valence-electron chi connectivity index (χ1n) is 4.38. The third kappa shape index (κ3) is 1.44. The molecule has 1 aliphatic carbocycles. The number of hydrogen-bond donors (Lipinski definition) is 1. The SMILES string of the molecule is NC1CCc2c(ccc(Cl)c2Cl)C1=O. The van der Waals surface area contributed by atoms with Crippen LogP contribution in [-0.4, -0.2) is 11.8 Å². The van der Waals surface area contributed by atoms with Crippen molar-refractivity contribution in [2.24, 2.45) is 5.73 Å². The van der Waals surface area contributed by atoms with Gasteiger partial charge in [-0.15, -0.1) is 0 Å². The Hall–Kier alpha value is -0.570. The molecule has 4 heteroatoms. The monoisotopic (exact) mass is 229 g/mol. The lowest BCUT2D eigenvalue weighted by atomic mass is 9.87. The van der Waals surface area contributed by atoms with E-state index < -0.39 is 0 Å². The quantitative estimate of drug-likeness (QED) is 0.743. The van der Waals surface area contributed by atoms with Crippen LogP contribution < -0.4 is 5.73 Å². The van der Waals surface area contributed by atoms with E-state index in [1.807, 2.05) is 0 Å². The second kappa shape index (κ2) is 3.54. The molecule has 0 aliphatic heterocycles. The van der Waals surface area contributed by atoms with Crippen LogP contribution in [-0.2, 0) is 6.42 Å². The summed E-state index contributed by atoms with van der Waals surface area (Å²) in [6.07, 6.45) is 1.37. The van der Waals surface area contributed by atoms with Gasteiger partial charge in [0, 0.05) is 5.56 Å². The summed E-state index contributed by atoms with van der Waals surface area (Å²) in [6.45, 7) is 0. The normalized spacial score (nSPS) is 20.8. The van der Waals surface area contributed by atoms with Crippen LogP contribution in [0.15, 0.2) is 12.1 Å². The van der Waals surface area contributed by atoms with Crippen molar-refractivity contribution in [3.63, 3.8) is 0 Å². The summed E-state index contributed by atoms with van der Waals surface area (Å²) in [5.41, 5.74) is 7.12. The summed E-state index contributed by atoms with van der Waals surface area (Å²) >= 11 is 11.9. The number of benzene rings is 1. The van der Waals surface area contributed by atoms with E-state index in [2.05, 4.69) is 0 Å². The van der Waals surface area contributed by atoms with E-state index in [1.54, 1.807) is 12.1 Å². The summed E-state index contributed by atoms with van der Waals surface area (Å²) in [7, 11) is 0. The Bertz CT molecular complexity index is 403. The van der Waals surface area contributed by atoms with Crippen molar-refractivity contribution in [1.29, 1.82) is 0 Å². The van der Waals surface area contributed by atoms with E-state index in [-0.39, 0.29) is 11.8 Å². The molecule has 0 spiro atoms. The van der Waals surface area contributed by atoms with Gasteiger partial charge in [0.25, 0.3) is 0 Å². The zero-order valence-corrected chi connectivity index (χ0v) is 8.90. The number of ketones is 1. The van der Waals surface area contributed by atoms with E-state index >= 15 is 0 Å². The third-order valence-corrected chi connectivity index (χ3v) is 3.35. The van der Waals surface area contributed by atoms with Crippen LogP contribution in [0.5, 0.6) is 0 Å². The molecule has 1 aliphatic rings. The molecule has 1 aromatic carbocycles. The van der Waals surface area contributed by atoms with E-state index in [0.29, 0.717) is 22.0 Å². The predicted molar refractivity (Wildman–Crippen MR) is 57.1 cm³/mol. The van der Waals surface area contributed by atoms with Gasteiger partial charge < -0.3 is 5.73 Å². The number of carbonyl (C=O) groups is 1. The van der Waals surface area contributed by atoms with Crippen LogP contribution in [0.3, 0.4) is 0 Å². The molecule has 2 N–H and O–H groups in total. The van der Waals surface area contributed by atoms with Gasteiger partial charge in [-0.2, -0.15) is 0 Å². The molecule has 0 fully saturated rings. The van der Waals surface area contributed by atoms with Gasteiger partial charge in [-0.1, -0.05) is 23.2 Å². The molecule has 2 nitrogen and oxygen atoms in total.